The van der Waals surface area contributed by atoms with Crippen LogP contribution in [0.25, 0.3) is 0 Å². The van der Waals surface area contributed by atoms with Crippen LogP contribution in [-0.2, 0) is 23.7 Å². The normalized spacial score (nSPS) is 49.8. The van der Waals surface area contributed by atoms with Crippen LogP contribution >= 0.6 is 0 Å². The van der Waals surface area contributed by atoms with E-state index in [9.17, 15) is 4.79 Å². The molecule has 0 bridgehead atoms. The Morgan fingerprint density at radius 3 is 2.54 bits per heavy atom. The zero-order valence-corrected chi connectivity index (χ0v) is 17.0. The van der Waals surface area contributed by atoms with Gasteiger partial charge in [-0.25, -0.2) is 0 Å². The third-order valence-electron chi connectivity index (χ3n) is 9.12. The van der Waals surface area contributed by atoms with E-state index >= 15 is 0 Å². The number of piperidine rings is 1. The minimum absolute atomic E-state index is 0.0572. The highest BCUT2D eigenvalue weighted by Gasteiger charge is 2.65. The minimum atomic E-state index is -0.327. The van der Waals surface area contributed by atoms with E-state index in [0.717, 1.165) is 65.1 Å². The van der Waals surface area contributed by atoms with E-state index in [1.807, 2.05) is 0 Å². The van der Waals surface area contributed by atoms with E-state index < -0.39 is 0 Å². The molecule has 2 saturated carbocycles. The predicted octanol–water partition coefficient (Wildman–Crippen LogP) is 0.935. The van der Waals surface area contributed by atoms with Gasteiger partial charge in [-0.05, 0) is 43.4 Å². The highest BCUT2D eigenvalue weighted by molar-refractivity contribution is 5.75. The van der Waals surface area contributed by atoms with Crippen molar-refractivity contribution < 1.29 is 28.6 Å². The van der Waals surface area contributed by atoms with Gasteiger partial charge >= 0.3 is 5.97 Å². The van der Waals surface area contributed by atoms with Crippen molar-refractivity contribution in [2.45, 2.75) is 69.4 Å². The van der Waals surface area contributed by atoms with E-state index in [-0.39, 0.29) is 34.8 Å². The molecular formula is C22H34NO5+. The first-order chi connectivity index (χ1) is 13.5. The Kier molecular flexibility index (Phi) is 3.98. The number of esters is 1. The number of likely N-dealkylation sites (tertiary alicyclic amines) is 1. The fourth-order valence-electron chi connectivity index (χ4n) is 7.48. The predicted molar refractivity (Wildman–Crippen MR) is 99.7 cm³/mol. The average Bonchev–Trinajstić information content (AvgIpc) is 3.18. The van der Waals surface area contributed by atoms with Crippen LogP contribution in [0.5, 0.6) is 0 Å². The Morgan fingerprint density at radius 2 is 1.82 bits per heavy atom. The maximum absolute atomic E-state index is 12.8. The Labute approximate surface area is 167 Å². The van der Waals surface area contributed by atoms with Crippen LogP contribution in [0.2, 0.25) is 0 Å². The van der Waals surface area contributed by atoms with Gasteiger partial charge in [0.05, 0.1) is 57.9 Å². The van der Waals surface area contributed by atoms with Crippen molar-refractivity contribution in [2.24, 2.45) is 23.2 Å². The van der Waals surface area contributed by atoms with Crippen LogP contribution < -0.4 is 4.90 Å². The van der Waals surface area contributed by atoms with Gasteiger partial charge in [0, 0.05) is 5.92 Å². The first kappa shape index (κ1) is 18.1. The van der Waals surface area contributed by atoms with E-state index in [4.69, 9.17) is 18.9 Å². The number of quaternary nitrogens is 1. The summed E-state index contributed by atoms with van der Waals surface area (Å²) in [7, 11) is 0. The van der Waals surface area contributed by atoms with E-state index in [0.29, 0.717) is 11.8 Å². The number of carbonyl (C=O) groups excluding carboxylic acids is 1. The molecule has 2 aliphatic carbocycles. The first-order valence-electron chi connectivity index (χ1n) is 11.5. The molecule has 6 atom stereocenters. The summed E-state index contributed by atoms with van der Waals surface area (Å²) in [6.07, 6.45) is 7.88. The van der Waals surface area contributed by atoms with Gasteiger partial charge in [0.1, 0.15) is 12.0 Å². The molecule has 0 amide bonds. The number of nitrogens with one attached hydrogen (secondary N) is 1. The zero-order valence-electron chi connectivity index (χ0n) is 17.0. The van der Waals surface area contributed by atoms with Gasteiger partial charge in [-0.15, -0.1) is 0 Å². The second-order valence-electron chi connectivity index (χ2n) is 10.7. The molecule has 6 nitrogen and oxygen atoms in total. The molecule has 6 rings (SSSR count). The second-order valence-corrected chi connectivity index (χ2v) is 10.7. The molecule has 6 heteroatoms. The maximum Gasteiger partial charge on any atom is 0.315 e. The average molecular weight is 393 g/mol. The summed E-state index contributed by atoms with van der Waals surface area (Å²) in [6.45, 7) is 7.76. The molecule has 28 heavy (non-hydrogen) atoms. The monoisotopic (exact) mass is 392 g/mol. The Hall–Kier alpha value is -0.690. The molecule has 1 N–H and O–H groups in total. The van der Waals surface area contributed by atoms with Crippen molar-refractivity contribution in [1.29, 1.82) is 0 Å². The highest BCUT2D eigenvalue weighted by Crippen LogP contribution is 2.62. The van der Waals surface area contributed by atoms with Crippen LogP contribution in [0.4, 0.5) is 0 Å². The number of ether oxygens (including phenoxy) is 4. The molecule has 0 radical (unpaired) electrons. The number of epoxide rings is 1. The molecule has 4 heterocycles. The Bertz CT molecular complexity index is 647. The molecule has 4 aliphatic heterocycles. The number of hydrogen-bond acceptors (Lipinski definition) is 5. The summed E-state index contributed by atoms with van der Waals surface area (Å²) in [6, 6.07) is 0. The van der Waals surface area contributed by atoms with Gasteiger partial charge in [0.25, 0.3) is 0 Å². The summed E-state index contributed by atoms with van der Waals surface area (Å²) in [4.78, 5) is 14.4. The molecule has 0 aromatic rings. The lowest BCUT2D eigenvalue weighted by atomic mass is 9.53. The van der Waals surface area contributed by atoms with Gasteiger partial charge in [0.2, 0.25) is 0 Å². The smallest absolute Gasteiger partial charge is 0.315 e. The summed E-state index contributed by atoms with van der Waals surface area (Å²) in [5.74, 6) is 0.775. The molecule has 0 aromatic heterocycles. The van der Waals surface area contributed by atoms with Crippen LogP contribution in [0.3, 0.4) is 0 Å². The fraction of sp³-hybridized carbons (Fsp3) is 0.955. The van der Waals surface area contributed by atoms with Crippen LogP contribution in [0.1, 0.15) is 51.9 Å². The maximum atomic E-state index is 12.8. The quantitative estimate of drug-likeness (QED) is 0.560. The van der Waals surface area contributed by atoms with Gasteiger partial charge in [-0.1, -0.05) is 6.92 Å². The topological polar surface area (TPSA) is 61.7 Å². The fourth-order valence-corrected chi connectivity index (χ4v) is 7.48. The van der Waals surface area contributed by atoms with Gasteiger partial charge in [-0.3, -0.25) is 4.79 Å². The zero-order chi connectivity index (χ0) is 19.0. The highest BCUT2D eigenvalue weighted by atomic mass is 16.7. The van der Waals surface area contributed by atoms with E-state index in [2.05, 4.69) is 6.92 Å². The molecular weight excluding hydrogens is 358 g/mol. The SMILES string of the molecule is C[C@]12CCC[C@]3(CO3)[C@@H]1C[C@H]1[C@@H](C2)OC(=O)[C@@H]1C[NH+]1CCC2(CC1)OCCO2. The van der Waals surface area contributed by atoms with Crippen LogP contribution in [0, 0.1) is 23.2 Å². The van der Waals surface area contributed by atoms with Crippen molar-refractivity contribution in [1.82, 2.24) is 0 Å². The summed E-state index contributed by atoms with van der Waals surface area (Å²) >= 11 is 0. The second kappa shape index (κ2) is 6.16. The minimum Gasteiger partial charge on any atom is -0.462 e. The Balaban J connectivity index is 1.15. The molecule has 2 spiro atoms. The van der Waals surface area contributed by atoms with Crippen molar-refractivity contribution >= 4 is 5.97 Å². The molecule has 0 aromatic carbocycles. The summed E-state index contributed by atoms with van der Waals surface area (Å²) in [5, 5.41) is 0. The molecule has 156 valence electrons. The lowest BCUT2D eigenvalue weighted by molar-refractivity contribution is -0.911. The number of rotatable bonds is 2. The standard InChI is InChI=1S/C22H33NO5/c1-20-3-2-4-21(14-27-21)18(20)11-15-16(19(24)28-17(15)12-20)13-23-7-5-22(6-8-23)25-9-10-26-22/h15-18H,2-14H2,1H3/p+1/t15-,16-,17-,18-,20-,21+/m1/s1. The summed E-state index contributed by atoms with van der Waals surface area (Å²) < 4.78 is 23.7. The molecule has 0 unspecified atom stereocenters. The molecule has 4 saturated heterocycles. The third-order valence-corrected chi connectivity index (χ3v) is 9.12. The van der Waals surface area contributed by atoms with Crippen LogP contribution in [0.15, 0.2) is 0 Å². The van der Waals surface area contributed by atoms with Gasteiger partial charge in [-0.2, -0.15) is 0 Å². The van der Waals surface area contributed by atoms with Gasteiger partial charge < -0.3 is 23.8 Å². The number of hydrogen-bond donors (Lipinski definition) is 1. The van der Waals surface area contributed by atoms with Crippen molar-refractivity contribution in [3.05, 3.63) is 0 Å². The van der Waals surface area contributed by atoms with Gasteiger partial charge in [0.15, 0.2) is 5.79 Å². The lowest BCUT2D eigenvalue weighted by Gasteiger charge is -2.51. The largest absolute Gasteiger partial charge is 0.462 e. The van der Waals surface area contributed by atoms with E-state index in [1.54, 1.807) is 0 Å². The molecule has 6 fully saturated rings. The summed E-state index contributed by atoms with van der Waals surface area (Å²) in [5.41, 5.74) is 0.419. The van der Waals surface area contributed by atoms with Crippen molar-refractivity contribution in [2.75, 3.05) is 39.5 Å². The van der Waals surface area contributed by atoms with Crippen LogP contribution in [-0.4, -0.2) is 62.9 Å². The number of fused-ring (bicyclic) bond motifs is 3. The first-order valence-corrected chi connectivity index (χ1v) is 11.5. The van der Waals surface area contributed by atoms with E-state index in [1.165, 1.54) is 24.2 Å². The van der Waals surface area contributed by atoms with Crippen molar-refractivity contribution in [3.8, 4) is 0 Å². The lowest BCUT2D eigenvalue weighted by Crippen LogP contribution is -3.14. The number of carbonyl (C=O) groups is 1. The third kappa shape index (κ3) is 2.71. The Morgan fingerprint density at radius 1 is 1.07 bits per heavy atom. The van der Waals surface area contributed by atoms with Crippen molar-refractivity contribution in [3.63, 3.8) is 0 Å². The molecule has 6 aliphatic rings.